The first-order valence-electron chi connectivity index (χ1n) is 6.04. The van der Waals surface area contributed by atoms with Gasteiger partial charge in [-0.15, -0.1) is 0 Å². The van der Waals surface area contributed by atoms with E-state index < -0.39 is 0 Å². The van der Waals surface area contributed by atoms with Crippen molar-refractivity contribution in [3.05, 3.63) is 36.7 Å². The molecular weight excluding hydrogens is 226 g/mol. The Morgan fingerprint density at radius 2 is 2.28 bits per heavy atom. The van der Waals surface area contributed by atoms with E-state index in [1.165, 1.54) is 0 Å². The smallest absolute Gasteiger partial charge is 0.139 e. The highest BCUT2D eigenvalue weighted by atomic mass is 16.5. The Morgan fingerprint density at radius 3 is 2.94 bits per heavy atom. The number of aromatic nitrogens is 2. The van der Waals surface area contributed by atoms with Crippen LogP contribution in [-0.2, 0) is 11.8 Å². The van der Waals surface area contributed by atoms with E-state index in [4.69, 9.17) is 4.74 Å². The SMILES string of the molecule is COC[C@H](C)Nc1cccc(-c2nccn2C)c1. The summed E-state index contributed by atoms with van der Waals surface area (Å²) in [5.74, 6) is 0.970. The Morgan fingerprint density at radius 1 is 1.44 bits per heavy atom. The number of imidazole rings is 1. The van der Waals surface area contributed by atoms with Gasteiger partial charge in [-0.1, -0.05) is 12.1 Å². The number of benzene rings is 1. The van der Waals surface area contributed by atoms with Crippen LogP contribution in [0.4, 0.5) is 5.69 Å². The second kappa shape index (κ2) is 5.69. The molecule has 0 radical (unpaired) electrons. The van der Waals surface area contributed by atoms with E-state index >= 15 is 0 Å². The van der Waals surface area contributed by atoms with Crippen LogP contribution in [0, 0.1) is 0 Å². The summed E-state index contributed by atoms with van der Waals surface area (Å²) in [6, 6.07) is 8.54. The Labute approximate surface area is 108 Å². The van der Waals surface area contributed by atoms with E-state index in [1.54, 1.807) is 7.11 Å². The van der Waals surface area contributed by atoms with Crippen molar-refractivity contribution >= 4 is 5.69 Å². The fraction of sp³-hybridized carbons (Fsp3) is 0.357. The Kier molecular flexibility index (Phi) is 3.99. The van der Waals surface area contributed by atoms with Crippen molar-refractivity contribution in [2.75, 3.05) is 19.0 Å². The van der Waals surface area contributed by atoms with Crippen molar-refractivity contribution in [2.24, 2.45) is 7.05 Å². The van der Waals surface area contributed by atoms with E-state index in [0.29, 0.717) is 6.61 Å². The van der Waals surface area contributed by atoms with Gasteiger partial charge in [0.15, 0.2) is 0 Å². The first-order valence-corrected chi connectivity index (χ1v) is 6.04. The van der Waals surface area contributed by atoms with Crippen molar-refractivity contribution in [1.82, 2.24) is 9.55 Å². The lowest BCUT2D eigenvalue weighted by atomic mass is 10.2. The van der Waals surface area contributed by atoms with Gasteiger partial charge in [0.1, 0.15) is 5.82 Å². The number of methoxy groups -OCH3 is 1. The van der Waals surface area contributed by atoms with Gasteiger partial charge in [0, 0.05) is 43.8 Å². The second-order valence-corrected chi connectivity index (χ2v) is 4.44. The summed E-state index contributed by atoms with van der Waals surface area (Å²) in [7, 11) is 3.71. The quantitative estimate of drug-likeness (QED) is 0.879. The first kappa shape index (κ1) is 12.6. The third-order valence-electron chi connectivity index (χ3n) is 2.77. The maximum Gasteiger partial charge on any atom is 0.139 e. The normalized spacial score (nSPS) is 12.4. The number of nitrogens with one attached hydrogen (secondary N) is 1. The van der Waals surface area contributed by atoms with E-state index in [9.17, 15) is 0 Å². The molecule has 1 aromatic heterocycles. The minimum Gasteiger partial charge on any atom is -0.383 e. The topological polar surface area (TPSA) is 39.1 Å². The minimum absolute atomic E-state index is 0.284. The molecule has 1 aromatic carbocycles. The van der Waals surface area contributed by atoms with Gasteiger partial charge in [0.05, 0.1) is 6.61 Å². The molecule has 0 fully saturated rings. The second-order valence-electron chi connectivity index (χ2n) is 4.44. The maximum absolute atomic E-state index is 5.12. The van der Waals surface area contributed by atoms with Gasteiger partial charge in [-0.25, -0.2) is 4.98 Å². The van der Waals surface area contributed by atoms with E-state index in [2.05, 4.69) is 35.4 Å². The molecule has 0 amide bonds. The fourth-order valence-electron chi connectivity index (χ4n) is 1.97. The summed E-state index contributed by atoms with van der Waals surface area (Å²) in [4.78, 5) is 4.35. The number of anilines is 1. The van der Waals surface area contributed by atoms with Crippen molar-refractivity contribution in [2.45, 2.75) is 13.0 Å². The monoisotopic (exact) mass is 245 g/mol. The van der Waals surface area contributed by atoms with Crippen LogP contribution in [0.3, 0.4) is 0 Å². The molecule has 0 saturated heterocycles. The zero-order valence-electron chi connectivity index (χ0n) is 11.1. The summed E-state index contributed by atoms with van der Waals surface area (Å²) >= 11 is 0. The highest BCUT2D eigenvalue weighted by Crippen LogP contribution is 2.21. The summed E-state index contributed by atoms with van der Waals surface area (Å²) < 4.78 is 7.13. The molecule has 18 heavy (non-hydrogen) atoms. The standard InChI is InChI=1S/C14H19N3O/c1-11(10-18-3)16-13-6-4-5-12(9-13)14-15-7-8-17(14)2/h4-9,11,16H,10H2,1-3H3/t11-/m0/s1. The highest BCUT2D eigenvalue weighted by Gasteiger charge is 2.05. The molecule has 0 spiro atoms. The van der Waals surface area contributed by atoms with Gasteiger partial charge in [-0.3, -0.25) is 0 Å². The average molecular weight is 245 g/mol. The van der Waals surface area contributed by atoms with Gasteiger partial charge in [0.2, 0.25) is 0 Å². The molecule has 0 unspecified atom stereocenters. The lowest BCUT2D eigenvalue weighted by molar-refractivity contribution is 0.190. The number of rotatable bonds is 5. The number of aryl methyl sites for hydroxylation is 1. The van der Waals surface area contributed by atoms with Crippen molar-refractivity contribution in [3.63, 3.8) is 0 Å². The number of nitrogens with zero attached hydrogens (tertiary/aromatic N) is 2. The van der Waals surface area contributed by atoms with Gasteiger partial charge in [-0.2, -0.15) is 0 Å². The molecule has 1 N–H and O–H groups in total. The maximum atomic E-state index is 5.12. The van der Waals surface area contributed by atoms with Gasteiger partial charge in [-0.05, 0) is 19.1 Å². The third kappa shape index (κ3) is 2.90. The summed E-state index contributed by atoms with van der Waals surface area (Å²) in [6.45, 7) is 2.78. The zero-order valence-corrected chi connectivity index (χ0v) is 11.1. The van der Waals surface area contributed by atoms with Crippen molar-refractivity contribution in [1.29, 1.82) is 0 Å². The minimum atomic E-state index is 0.284. The van der Waals surface area contributed by atoms with Gasteiger partial charge >= 0.3 is 0 Å². The molecular formula is C14H19N3O. The van der Waals surface area contributed by atoms with E-state index in [1.807, 2.05) is 30.1 Å². The first-order chi connectivity index (χ1) is 8.70. The molecule has 0 aliphatic rings. The van der Waals surface area contributed by atoms with E-state index in [-0.39, 0.29) is 6.04 Å². The average Bonchev–Trinajstić information content (AvgIpc) is 2.76. The van der Waals surface area contributed by atoms with Crippen LogP contribution in [0.15, 0.2) is 36.7 Å². The predicted molar refractivity (Wildman–Crippen MR) is 73.6 cm³/mol. The Bertz CT molecular complexity index is 507. The molecule has 4 heteroatoms. The van der Waals surface area contributed by atoms with Crippen molar-refractivity contribution < 1.29 is 4.74 Å². The van der Waals surface area contributed by atoms with Crippen LogP contribution in [-0.4, -0.2) is 29.3 Å². The van der Waals surface area contributed by atoms with Crippen LogP contribution >= 0.6 is 0 Å². The number of hydrogen-bond acceptors (Lipinski definition) is 3. The number of ether oxygens (including phenoxy) is 1. The highest BCUT2D eigenvalue weighted by molar-refractivity contribution is 5.62. The largest absolute Gasteiger partial charge is 0.383 e. The summed E-state index contributed by atoms with van der Waals surface area (Å²) in [5, 5.41) is 3.40. The summed E-state index contributed by atoms with van der Waals surface area (Å²) in [5.41, 5.74) is 2.19. The molecule has 96 valence electrons. The van der Waals surface area contributed by atoms with Crippen LogP contribution in [0.2, 0.25) is 0 Å². The Balaban J connectivity index is 2.18. The van der Waals surface area contributed by atoms with Crippen molar-refractivity contribution in [3.8, 4) is 11.4 Å². The predicted octanol–water partition coefficient (Wildman–Crippen LogP) is 2.53. The van der Waals surface area contributed by atoms with Crippen LogP contribution in [0.1, 0.15) is 6.92 Å². The molecule has 0 aliphatic heterocycles. The fourth-order valence-corrected chi connectivity index (χ4v) is 1.97. The lowest BCUT2D eigenvalue weighted by Gasteiger charge is -2.14. The van der Waals surface area contributed by atoms with Gasteiger partial charge in [0.25, 0.3) is 0 Å². The Hall–Kier alpha value is -1.81. The molecule has 1 atom stereocenters. The lowest BCUT2D eigenvalue weighted by Crippen LogP contribution is -2.20. The molecule has 4 nitrogen and oxygen atoms in total. The summed E-state index contributed by atoms with van der Waals surface area (Å²) in [6.07, 6.45) is 3.76. The molecule has 1 heterocycles. The molecule has 2 aromatic rings. The molecule has 0 bridgehead atoms. The molecule has 0 aliphatic carbocycles. The molecule has 0 saturated carbocycles. The van der Waals surface area contributed by atoms with Gasteiger partial charge < -0.3 is 14.6 Å². The van der Waals surface area contributed by atoms with E-state index in [0.717, 1.165) is 17.1 Å². The molecule has 2 rings (SSSR count). The third-order valence-corrected chi connectivity index (χ3v) is 2.77. The van der Waals surface area contributed by atoms with Crippen LogP contribution < -0.4 is 5.32 Å². The number of hydrogen-bond donors (Lipinski definition) is 1. The zero-order chi connectivity index (χ0) is 13.0. The van der Waals surface area contributed by atoms with Crippen LogP contribution in [0.25, 0.3) is 11.4 Å². The van der Waals surface area contributed by atoms with Crippen LogP contribution in [0.5, 0.6) is 0 Å².